The second-order valence-electron chi connectivity index (χ2n) is 12.9. The third-order valence-corrected chi connectivity index (χ3v) is 9.73. The van der Waals surface area contributed by atoms with Crippen molar-refractivity contribution in [3.63, 3.8) is 0 Å². The molecule has 0 aliphatic heterocycles. The van der Waals surface area contributed by atoms with E-state index in [1.807, 2.05) is 18.4 Å². The summed E-state index contributed by atoms with van der Waals surface area (Å²) in [5.74, 6) is 0.830. The number of aromatic nitrogens is 2. The average molecular weight is 643 g/mol. The average Bonchev–Trinajstić information content (AvgIpc) is 3.88. The van der Waals surface area contributed by atoms with Crippen LogP contribution in [0.25, 0.3) is 94.4 Å². The summed E-state index contributed by atoms with van der Waals surface area (Å²) in [4.78, 5) is 5.33. The van der Waals surface area contributed by atoms with Gasteiger partial charge in [-0.25, -0.2) is 4.98 Å². The fourth-order valence-corrected chi connectivity index (χ4v) is 7.42. The highest BCUT2D eigenvalue weighted by Crippen LogP contribution is 2.43. The number of para-hydroxylation sites is 3. The van der Waals surface area contributed by atoms with Crippen molar-refractivity contribution < 1.29 is 8.83 Å². The lowest BCUT2D eigenvalue weighted by Gasteiger charge is -2.20. The standard InChI is InChI=1S/C46H30N2O2/c1-29-24-35(30-12-4-2-5-13-30)45(36(25-29)31-14-6-3-7-15-31)48-41-18-10-9-17-40(41)47-46(48)39-28-49-42-22-20-32(27-38(39)42)33-21-23-44-37(26-33)34-16-8-11-19-43(34)50-44/h2-28H,1H3. The second kappa shape index (κ2) is 11.2. The van der Waals surface area contributed by atoms with Gasteiger partial charge in [0, 0.05) is 27.3 Å². The Morgan fingerprint density at radius 3 is 1.82 bits per heavy atom. The molecule has 3 aromatic heterocycles. The number of hydrogen-bond acceptors (Lipinski definition) is 3. The van der Waals surface area contributed by atoms with E-state index in [-0.39, 0.29) is 0 Å². The predicted octanol–water partition coefficient (Wildman–Crippen LogP) is 12.6. The Morgan fingerprint density at radius 1 is 0.480 bits per heavy atom. The van der Waals surface area contributed by atoms with Crippen LogP contribution in [0.5, 0.6) is 0 Å². The Kier molecular flexibility index (Phi) is 6.36. The van der Waals surface area contributed by atoms with Crippen LogP contribution in [0.3, 0.4) is 0 Å². The number of imidazole rings is 1. The number of fused-ring (bicyclic) bond motifs is 5. The van der Waals surface area contributed by atoms with Crippen LogP contribution < -0.4 is 0 Å². The Morgan fingerprint density at radius 2 is 1.08 bits per heavy atom. The Balaban J connectivity index is 1.24. The number of nitrogens with zero attached hydrogens (tertiary/aromatic N) is 2. The van der Waals surface area contributed by atoms with Crippen LogP contribution in [0.15, 0.2) is 173 Å². The number of benzene rings is 7. The molecule has 0 radical (unpaired) electrons. The molecule has 3 heterocycles. The topological polar surface area (TPSA) is 44.1 Å². The van der Waals surface area contributed by atoms with E-state index in [1.54, 1.807) is 0 Å². The van der Waals surface area contributed by atoms with Crippen molar-refractivity contribution in [1.29, 1.82) is 0 Å². The zero-order valence-corrected chi connectivity index (χ0v) is 27.3. The fraction of sp³-hybridized carbons (Fsp3) is 0.0217. The molecule has 0 aliphatic rings. The molecule has 0 saturated carbocycles. The summed E-state index contributed by atoms with van der Waals surface area (Å²) < 4.78 is 14.7. The molecule has 10 rings (SSSR count). The Bertz CT molecular complexity index is 2810. The van der Waals surface area contributed by atoms with Crippen molar-refractivity contribution in [1.82, 2.24) is 9.55 Å². The van der Waals surface area contributed by atoms with Crippen molar-refractivity contribution in [2.75, 3.05) is 0 Å². The number of rotatable bonds is 5. The lowest BCUT2D eigenvalue weighted by atomic mass is 9.93. The quantitative estimate of drug-likeness (QED) is 0.188. The molecule has 0 unspecified atom stereocenters. The van der Waals surface area contributed by atoms with Gasteiger partial charge in [0.15, 0.2) is 0 Å². The summed E-state index contributed by atoms with van der Waals surface area (Å²) >= 11 is 0. The van der Waals surface area contributed by atoms with Crippen LogP contribution >= 0.6 is 0 Å². The first-order valence-electron chi connectivity index (χ1n) is 16.9. The normalized spacial score (nSPS) is 11.7. The molecule has 50 heavy (non-hydrogen) atoms. The molecule has 236 valence electrons. The first-order chi connectivity index (χ1) is 24.7. The van der Waals surface area contributed by atoms with Gasteiger partial charge < -0.3 is 8.83 Å². The summed E-state index contributed by atoms with van der Waals surface area (Å²) in [5, 5.41) is 3.23. The molecule has 4 heteroatoms. The van der Waals surface area contributed by atoms with Gasteiger partial charge in [-0.05, 0) is 89.3 Å². The van der Waals surface area contributed by atoms with Crippen LogP contribution in [-0.4, -0.2) is 9.55 Å². The summed E-state index contributed by atoms with van der Waals surface area (Å²) in [6.45, 7) is 2.17. The molecule has 0 fully saturated rings. The van der Waals surface area contributed by atoms with Crippen molar-refractivity contribution in [2.45, 2.75) is 6.92 Å². The SMILES string of the molecule is Cc1cc(-c2ccccc2)c(-n2c(-c3coc4ccc(-c5ccc6oc7ccccc7c6c5)cc34)nc3ccccc32)c(-c2ccccc2)c1. The third-order valence-electron chi connectivity index (χ3n) is 9.73. The highest BCUT2D eigenvalue weighted by Gasteiger charge is 2.24. The van der Waals surface area contributed by atoms with E-state index in [1.165, 1.54) is 5.56 Å². The van der Waals surface area contributed by atoms with Crippen LogP contribution in [-0.2, 0) is 0 Å². The maximum absolute atomic E-state index is 6.28. The van der Waals surface area contributed by atoms with E-state index in [4.69, 9.17) is 13.8 Å². The summed E-state index contributed by atoms with van der Waals surface area (Å²) in [6, 6.07) is 55.3. The molecule has 7 aromatic carbocycles. The second-order valence-corrected chi connectivity index (χ2v) is 12.9. The molecular weight excluding hydrogens is 613 g/mol. The smallest absolute Gasteiger partial charge is 0.149 e. The molecule has 4 nitrogen and oxygen atoms in total. The van der Waals surface area contributed by atoms with Gasteiger partial charge in [0.1, 0.15) is 28.8 Å². The van der Waals surface area contributed by atoms with Crippen LogP contribution in [0.4, 0.5) is 0 Å². The Hall–Kier alpha value is -6.65. The fourth-order valence-electron chi connectivity index (χ4n) is 7.42. The van der Waals surface area contributed by atoms with Gasteiger partial charge in [-0.1, -0.05) is 103 Å². The summed E-state index contributed by atoms with van der Waals surface area (Å²) in [6.07, 6.45) is 1.86. The maximum Gasteiger partial charge on any atom is 0.149 e. The van der Waals surface area contributed by atoms with Crippen molar-refractivity contribution in [3.8, 4) is 50.5 Å². The zero-order valence-electron chi connectivity index (χ0n) is 27.3. The minimum Gasteiger partial charge on any atom is -0.464 e. The monoisotopic (exact) mass is 642 g/mol. The molecule has 0 bridgehead atoms. The minimum atomic E-state index is 0.813. The van der Waals surface area contributed by atoms with E-state index in [0.29, 0.717) is 0 Å². The number of aryl methyl sites for hydroxylation is 1. The van der Waals surface area contributed by atoms with Gasteiger partial charge in [0.25, 0.3) is 0 Å². The van der Waals surface area contributed by atoms with Gasteiger partial charge >= 0.3 is 0 Å². The van der Waals surface area contributed by atoms with Gasteiger partial charge in [0.2, 0.25) is 0 Å². The van der Waals surface area contributed by atoms with E-state index in [0.717, 1.165) is 94.4 Å². The molecule has 0 atom stereocenters. The highest BCUT2D eigenvalue weighted by atomic mass is 16.3. The van der Waals surface area contributed by atoms with Crippen LogP contribution in [0.1, 0.15) is 5.56 Å². The zero-order chi connectivity index (χ0) is 33.2. The molecule has 0 amide bonds. The van der Waals surface area contributed by atoms with Gasteiger partial charge in [-0.15, -0.1) is 0 Å². The summed E-state index contributed by atoms with van der Waals surface area (Å²) in [7, 11) is 0. The largest absolute Gasteiger partial charge is 0.464 e. The van der Waals surface area contributed by atoms with Crippen molar-refractivity contribution in [2.24, 2.45) is 0 Å². The molecule has 0 N–H and O–H groups in total. The molecule has 10 aromatic rings. The van der Waals surface area contributed by atoms with E-state index >= 15 is 0 Å². The van der Waals surface area contributed by atoms with E-state index < -0.39 is 0 Å². The van der Waals surface area contributed by atoms with Crippen LogP contribution in [0.2, 0.25) is 0 Å². The number of hydrogen-bond donors (Lipinski definition) is 0. The minimum absolute atomic E-state index is 0.813. The first kappa shape index (κ1) is 28.4. The van der Waals surface area contributed by atoms with Crippen molar-refractivity contribution >= 4 is 43.9 Å². The molecule has 0 aliphatic carbocycles. The van der Waals surface area contributed by atoms with Gasteiger partial charge in [-0.2, -0.15) is 0 Å². The van der Waals surface area contributed by atoms with E-state index in [9.17, 15) is 0 Å². The number of furan rings is 2. The van der Waals surface area contributed by atoms with Crippen molar-refractivity contribution in [3.05, 3.63) is 170 Å². The molecule has 0 saturated heterocycles. The van der Waals surface area contributed by atoms with E-state index in [2.05, 4.69) is 157 Å². The highest BCUT2D eigenvalue weighted by molar-refractivity contribution is 6.07. The molecular formula is C46H30N2O2. The molecule has 0 spiro atoms. The lowest BCUT2D eigenvalue weighted by Crippen LogP contribution is -2.03. The predicted molar refractivity (Wildman–Crippen MR) is 205 cm³/mol. The Labute approximate surface area is 288 Å². The first-order valence-corrected chi connectivity index (χ1v) is 16.9. The summed E-state index contributed by atoms with van der Waals surface area (Å²) in [5.41, 5.74) is 14.5. The maximum atomic E-state index is 6.28. The van der Waals surface area contributed by atoms with Gasteiger partial charge in [-0.3, -0.25) is 4.57 Å². The lowest BCUT2D eigenvalue weighted by molar-refractivity contribution is 0.616. The van der Waals surface area contributed by atoms with Gasteiger partial charge in [0.05, 0.1) is 22.3 Å². The third kappa shape index (κ3) is 4.50. The van der Waals surface area contributed by atoms with Crippen LogP contribution in [0, 0.1) is 6.92 Å².